The lowest BCUT2D eigenvalue weighted by atomic mass is 9.99. The number of hydrogen-bond donors (Lipinski definition) is 1. The predicted molar refractivity (Wildman–Crippen MR) is 83.2 cm³/mol. The minimum atomic E-state index is 0.209. The quantitative estimate of drug-likeness (QED) is 0.885. The van der Waals surface area contributed by atoms with Gasteiger partial charge in [-0.3, -0.25) is 0 Å². The number of ether oxygens (including phenoxy) is 2. The highest BCUT2D eigenvalue weighted by Gasteiger charge is 2.17. The molecule has 4 heteroatoms. The van der Waals surface area contributed by atoms with Crippen molar-refractivity contribution in [2.45, 2.75) is 26.3 Å². The van der Waals surface area contributed by atoms with E-state index in [0.29, 0.717) is 0 Å². The van der Waals surface area contributed by atoms with Gasteiger partial charge in [0.1, 0.15) is 11.5 Å². The molecule has 0 bridgehead atoms. The van der Waals surface area contributed by atoms with Gasteiger partial charge in [0, 0.05) is 11.6 Å². The highest BCUT2D eigenvalue weighted by molar-refractivity contribution is 5.43. The van der Waals surface area contributed by atoms with E-state index in [1.165, 1.54) is 11.1 Å². The zero-order valence-electron chi connectivity index (χ0n) is 13.3. The zero-order valence-corrected chi connectivity index (χ0v) is 13.3. The van der Waals surface area contributed by atoms with Gasteiger partial charge in [-0.05, 0) is 51.1 Å². The molecule has 0 radical (unpaired) electrons. The van der Waals surface area contributed by atoms with Crippen molar-refractivity contribution >= 4 is 0 Å². The Balaban J connectivity index is 2.24. The smallest absolute Gasteiger partial charge is 0.160 e. The van der Waals surface area contributed by atoms with Crippen molar-refractivity contribution in [2.75, 3.05) is 21.3 Å². The Labute approximate surface area is 126 Å². The van der Waals surface area contributed by atoms with Crippen LogP contribution in [-0.4, -0.2) is 21.3 Å². The number of likely N-dealkylation sites (N-methyl/N-ethyl adjacent to an activating group) is 1. The standard InChI is InChI=1S/C17H23NO3/c1-11-8-14(12(2)21-11)15(18-3)9-13-6-7-16(19-4)17(10-13)20-5/h6-8,10,15,18H,9H2,1-5H3. The summed E-state index contributed by atoms with van der Waals surface area (Å²) in [6.07, 6.45) is 0.858. The predicted octanol–water partition coefficient (Wildman–Crippen LogP) is 3.42. The summed E-state index contributed by atoms with van der Waals surface area (Å²) in [5.41, 5.74) is 2.38. The molecule has 1 atom stereocenters. The summed E-state index contributed by atoms with van der Waals surface area (Å²) in [5.74, 6) is 3.41. The van der Waals surface area contributed by atoms with Crippen molar-refractivity contribution in [3.05, 3.63) is 46.9 Å². The number of benzene rings is 1. The van der Waals surface area contributed by atoms with Crippen LogP contribution in [0.2, 0.25) is 0 Å². The molecule has 0 fully saturated rings. The summed E-state index contributed by atoms with van der Waals surface area (Å²) in [5, 5.41) is 3.36. The van der Waals surface area contributed by atoms with Gasteiger partial charge in [-0.2, -0.15) is 0 Å². The fourth-order valence-corrected chi connectivity index (χ4v) is 2.61. The minimum absolute atomic E-state index is 0.209. The van der Waals surface area contributed by atoms with Crippen molar-refractivity contribution in [1.82, 2.24) is 5.32 Å². The molecule has 2 rings (SSSR count). The molecule has 0 saturated heterocycles. The van der Waals surface area contributed by atoms with E-state index in [2.05, 4.69) is 17.4 Å². The molecule has 1 aromatic heterocycles. The van der Waals surface area contributed by atoms with Gasteiger partial charge in [0.2, 0.25) is 0 Å². The van der Waals surface area contributed by atoms with Crippen LogP contribution in [0.1, 0.15) is 28.7 Å². The number of rotatable bonds is 6. The van der Waals surface area contributed by atoms with E-state index >= 15 is 0 Å². The van der Waals surface area contributed by atoms with Crippen molar-refractivity contribution in [1.29, 1.82) is 0 Å². The van der Waals surface area contributed by atoms with Crippen LogP contribution in [0.25, 0.3) is 0 Å². The maximum Gasteiger partial charge on any atom is 0.160 e. The molecule has 0 saturated carbocycles. The molecule has 4 nitrogen and oxygen atoms in total. The maximum atomic E-state index is 5.63. The third-order valence-electron chi connectivity index (χ3n) is 3.69. The minimum Gasteiger partial charge on any atom is -0.493 e. The van der Waals surface area contributed by atoms with Crippen molar-refractivity contribution in [3.63, 3.8) is 0 Å². The zero-order chi connectivity index (χ0) is 15.4. The Morgan fingerprint density at radius 1 is 1.10 bits per heavy atom. The highest BCUT2D eigenvalue weighted by Crippen LogP contribution is 2.30. The first-order valence-electron chi connectivity index (χ1n) is 7.04. The lowest BCUT2D eigenvalue weighted by Gasteiger charge is -2.17. The number of methoxy groups -OCH3 is 2. The Bertz CT molecular complexity index is 604. The second-order valence-corrected chi connectivity index (χ2v) is 5.10. The molecule has 21 heavy (non-hydrogen) atoms. The molecule has 0 spiro atoms. The Kier molecular flexibility index (Phi) is 4.91. The average molecular weight is 289 g/mol. The highest BCUT2D eigenvalue weighted by atomic mass is 16.5. The van der Waals surface area contributed by atoms with Gasteiger partial charge in [0.15, 0.2) is 11.5 Å². The lowest BCUT2D eigenvalue weighted by molar-refractivity contribution is 0.354. The van der Waals surface area contributed by atoms with Gasteiger partial charge in [0.25, 0.3) is 0 Å². The fraction of sp³-hybridized carbons (Fsp3) is 0.412. The van der Waals surface area contributed by atoms with Crippen LogP contribution in [0, 0.1) is 13.8 Å². The molecule has 0 amide bonds. The molecule has 0 aliphatic rings. The fourth-order valence-electron chi connectivity index (χ4n) is 2.61. The number of hydrogen-bond acceptors (Lipinski definition) is 4. The van der Waals surface area contributed by atoms with Crippen molar-refractivity contribution in [2.24, 2.45) is 0 Å². The summed E-state index contributed by atoms with van der Waals surface area (Å²) in [6, 6.07) is 8.32. The van der Waals surface area contributed by atoms with E-state index in [4.69, 9.17) is 13.9 Å². The lowest BCUT2D eigenvalue weighted by Crippen LogP contribution is -2.19. The van der Waals surface area contributed by atoms with E-state index in [1.54, 1.807) is 14.2 Å². The normalized spacial score (nSPS) is 12.2. The van der Waals surface area contributed by atoms with Crippen LogP contribution in [0.3, 0.4) is 0 Å². The van der Waals surface area contributed by atoms with Crippen LogP contribution >= 0.6 is 0 Å². The summed E-state index contributed by atoms with van der Waals surface area (Å²) < 4.78 is 16.3. The van der Waals surface area contributed by atoms with Crippen molar-refractivity contribution in [3.8, 4) is 11.5 Å². The first-order valence-corrected chi connectivity index (χ1v) is 7.04. The van der Waals surface area contributed by atoms with Gasteiger partial charge in [-0.25, -0.2) is 0 Å². The molecule has 114 valence electrons. The number of nitrogens with one attached hydrogen (secondary N) is 1. The molecule has 1 unspecified atom stereocenters. The van der Waals surface area contributed by atoms with Gasteiger partial charge < -0.3 is 19.2 Å². The average Bonchev–Trinajstić information content (AvgIpc) is 2.83. The van der Waals surface area contributed by atoms with E-state index < -0.39 is 0 Å². The summed E-state index contributed by atoms with van der Waals surface area (Å²) in [6.45, 7) is 3.97. The Morgan fingerprint density at radius 3 is 2.33 bits per heavy atom. The Hall–Kier alpha value is -1.94. The van der Waals surface area contributed by atoms with Gasteiger partial charge in [-0.1, -0.05) is 6.07 Å². The van der Waals surface area contributed by atoms with Crippen LogP contribution in [0.5, 0.6) is 11.5 Å². The first kappa shape index (κ1) is 15.4. The molecule has 1 N–H and O–H groups in total. The van der Waals surface area contributed by atoms with Crippen LogP contribution in [0.4, 0.5) is 0 Å². The number of aryl methyl sites for hydroxylation is 2. The molecule has 0 aliphatic heterocycles. The van der Waals surface area contributed by atoms with Crippen LogP contribution in [0.15, 0.2) is 28.7 Å². The van der Waals surface area contributed by atoms with E-state index in [0.717, 1.165) is 29.4 Å². The second kappa shape index (κ2) is 6.68. The second-order valence-electron chi connectivity index (χ2n) is 5.10. The molecular formula is C17H23NO3. The topological polar surface area (TPSA) is 43.6 Å². The number of furan rings is 1. The van der Waals surface area contributed by atoms with Crippen molar-refractivity contribution < 1.29 is 13.9 Å². The SMILES string of the molecule is CNC(Cc1ccc(OC)c(OC)c1)c1cc(C)oc1C. The summed E-state index contributed by atoms with van der Waals surface area (Å²) in [7, 11) is 5.26. The molecule has 1 aromatic carbocycles. The largest absolute Gasteiger partial charge is 0.493 e. The van der Waals surface area contributed by atoms with Gasteiger partial charge >= 0.3 is 0 Å². The molecular weight excluding hydrogens is 266 g/mol. The molecule has 1 heterocycles. The van der Waals surface area contributed by atoms with Gasteiger partial charge in [0.05, 0.1) is 14.2 Å². The summed E-state index contributed by atoms with van der Waals surface area (Å²) >= 11 is 0. The third-order valence-corrected chi connectivity index (χ3v) is 3.69. The van der Waals surface area contributed by atoms with Crippen LogP contribution in [-0.2, 0) is 6.42 Å². The maximum absolute atomic E-state index is 5.63. The molecule has 0 aliphatic carbocycles. The van der Waals surface area contributed by atoms with Crippen LogP contribution < -0.4 is 14.8 Å². The molecule has 2 aromatic rings. The van der Waals surface area contributed by atoms with Gasteiger partial charge in [-0.15, -0.1) is 0 Å². The first-order chi connectivity index (χ1) is 10.1. The summed E-state index contributed by atoms with van der Waals surface area (Å²) in [4.78, 5) is 0. The van der Waals surface area contributed by atoms with E-state index in [9.17, 15) is 0 Å². The van der Waals surface area contributed by atoms with E-state index in [1.807, 2.05) is 33.0 Å². The van der Waals surface area contributed by atoms with E-state index in [-0.39, 0.29) is 6.04 Å². The third kappa shape index (κ3) is 3.39. The monoisotopic (exact) mass is 289 g/mol. The Morgan fingerprint density at radius 2 is 1.81 bits per heavy atom.